The van der Waals surface area contributed by atoms with Gasteiger partial charge in [-0.25, -0.2) is 13.6 Å². The van der Waals surface area contributed by atoms with Crippen LogP contribution in [-0.2, 0) is 0 Å². The van der Waals surface area contributed by atoms with Gasteiger partial charge in [-0.05, 0) is 79.5 Å². The molecule has 1 aliphatic carbocycles. The van der Waals surface area contributed by atoms with Crippen LogP contribution in [0.1, 0.15) is 85.7 Å². The normalized spacial score (nSPS) is 18.6. The van der Waals surface area contributed by atoms with Crippen molar-refractivity contribution in [2.75, 3.05) is 0 Å². The number of benzene rings is 2. The van der Waals surface area contributed by atoms with Gasteiger partial charge < -0.3 is 4.74 Å². The third kappa shape index (κ3) is 5.44. The van der Waals surface area contributed by atoms with Crippen molar-refractivity contribution in [1.29, 1.82) is 5.26 Å². The van der Waals surface area contributed by atoms with Crippen LogP contribution in [0, 0.1) is 28.9 Å². The van der Waals surface area contributed by atoms with Gasteiger partial charge in [-0.2, -0.15) is 5.26 Å². The molecule has 1 aliphatic rings. The van der Waals surface area contributed by atoms with Crippen LogP contribution in [0.3, 0.4) is 0 Å². The van der Waals surface area contributed by atoms with Crippen LogP contribution in [0.15, 0.2) is 36.4 Å². The van der Waals surface area contributed by atoms with Crippen LogP contribution in [0.5, 0.6) is 5.75 Å². The monoisotopic (exact) mass is 411 g/mol. The highest BCUT2D eigenvalue weighted by Crippen LogP contribution is 2.38. The van der Waals surface area contributed by atoms with Gasteiger partial charge in [-0.1, -0.05) is 32.6 Å². The van der Waals surface area contributed by atoms with Crippen molar-refractivity contribution in [2.24, 2.45) is 5.92 Å². The minimum atomic E-state index is -1.08. The summed E-state index contributed by atoms with van der Waals surface area (Å²) in [6.07, 6.45) is 8.98. The number of hydrogen-bond donors (Lipinski definition) is 0. The van der Waals surface area contributed by atoms with Gasteiger partial charge >= 0.3 is 5.97 Å². The van der Waals surface area contributed by atoms with Crippen molar-refractivity contribution in [1.82, 2.24) is 0 Å². The highest BCUT2D eigenvalue weighted by Gasteiger charge is 2.26. The molecule has 158 valence electrons. The second-order valence-corrected chi connectivity index (χ2v) is 8.10. The van der Waals surface area contributed by atoms with E-state index in [9.17, 15) is 13.6 Å². The van der Waals surface area contributed by atoms with Gasteiger partial charge in [0.2, 0.25) is 0 Å². The highest BCUT2D eigenvalue weighted by atomic mass is 19.1. The van der Waals surface area contributed by atoms with Crippen LogP contribution in [0.4, 0.5) is 8.78 Å². The van der Waals surface area contributed by atoms with Crippen molar-refractivity contribution in [3.8, 4) is 11.8 Å². The average molecular weight is 411 g/mol. The van der Waals surface area contributed by atoms with Gasteiger partial charge in [0.15, 0.2) is 0 Å². The largest absolute Gasteiger partial charge is 0.423 e. The van der Waals surface area contributed by atoms with E-state index in [2.05, 4.69) is 6.92 Å². The fourth-order valence-corrected chi connectivity index (χ4v) is 4.25. The van der Waals surface area contributed by atoms with Gasteiger partial charge in [-0.3, -0.25) is 0 Å². The molecule has 0 radical (unpaired) electrons. The smallest absolute Gasteiger partial charge is 0.349 e. The Kier molecular flexibility index (Phi) is 7.57. The van der Waals surface area contributed by atoms with E-state index < -0.39 is 23.2 Å². The number of rotatable bonds is 7. The summed E-state index contributed by atoms with van der Waals surface area (Å²) >= 11 is 0. The molecule has 0 N–H and O–H groups in total. The summed E-state index contributed by atoms with van der Waals surface area (Å²) in [6.45, 7) is 2.20. The maximum atomic E-state index is 14.6. The Balaban J connectivity index is 1.65. The third-order valence-electron chi connectivity index (χ3n) is 6.00. The zero-order chi connectivity index (χ0) is 21.5. The number of ether oxygens (including phenoxy) is 1. The van der Waals surface area contributed by atoms with E-state index in [4.69, 9.17) is 10.00 Å². The zero-order valence-electron chi connectivity index (χ0n) is 17.3. The van der Waals surface area contributed by atoms with Gasteiger partial charge in [0.05, 0.1) is 11.6 Å². The summed E-state index contributed by atoms with van der Waals surface area (Å²) in [4.78, 5) is 12.3. The Morgan fingerprint density at radius 1 is 1.07 bits per heavy atom. The molecule has 0 spiro atoms. The zero-order valence-corrected chi connectivity index (χ0v) is 17.3. The second-order valence-electron chi connectivity index (χ2n) is 8.10. The molecule has 1 saturated carbocycles. The summed E-state index contributed by atoms with van der Waals surface area (Å²) in [5, 5.41) is 8.80. The van der Waals surface area contributed by atoms with Crippen LogP contribution in [0.2, 0.25) is 0 Å². The fourth-order valence-electron chi connectivity index (χ4n) is 4.25. The molecule has 0 saturated heterocycles. The molecule has 0 aliphatic heterocycles. The molecule has 0 heterocycles. The molecule has 0 amide bonds. The first-order valence-corrected chi connectivity index (χ1v) is 10.7. The van der Waals surface area contributed by atoms with E-state index in [1.165, 1.54) is 62.1 Å². The van der Waals surface area contributed by atoms with Gasteiger partial charge in [0.25, 0.3) is 0 Å². The van der Waals surface area contributed by atoms with E-state index >= 15 is 0 Å². The summed E-state index contributed by atoms with van der Waals surface area (Å²) in [6, 6.07) is 10.3. The van der Waals surface area contributed by atoms with E-state index in [-0.39, 0.29) is 11.7 Å². The topological polar surface area (TPSA) is 50.1 Å². The molecule has 0 atom stereocenters. The molecule has 30 heavy (non-hydrogen) atoms. The third-order valence-corrected chi connectivity index (χ3v) is 6.00. The second kappa shape index (κ2) is 10.3. The molecule has 0 unspecified atom stereocenters. The number of nitriles is 1. The molecule has 1 fully saturated rings. The molecule has 0 bridgehead atoms. The Labute approximate surface area is 176 Å². The SMILES string of the molecule is CCCCC[C@H]1CC[C@H](c2cc(F)c(C(=O)Oc3ccc(C#N)cc3)c(F)c2)CC1. The van der Waals surface area contributed by atoms with Gasteiger partial charge in [0, 0.05) is 0 Å². The van der Waals surface area contributed by atoms with E-state index in [0.29, 0.717) is 17.0 Å². The maximum absolute atomic E-state index is 14.6. The number of unbranched alkanes of at least 4 members (excludes halogenated alkanes) is 2. The van der Waals surface area contributed by atoms with E-state index in [1.807, 2.05) is 6.07 Å². The first-order valence-electron chi connectivity index (χ1n) is 10.7. The van der Waals surface area contributed by atoms with Crippen LogP contribution < -0.4 is 4.74 Å². The average Bonchev–Trinajstić information content (AvgIpc) is 2.74. The van der Waals surface area contributed by atoms with Crippen molar-refractivity contribution in [3.05, 3.63) is 64.7 Å². The Morgan fingerprint density at radius 3 is 2.27 bits per heavy atom. The summed E-state index contributed by atoms with van der Waals surface area (Å²) in [7, 11) is 0. The standard InChI is InChI=1S/C25H27F2NO2/c1-2-3-4-5-17-6-10-19(11-7-17)20-14-22(26)24(23(27)15-20)25(29)30-21-12-8-18(16-28)9-13-21/h8-9,12-15,17,19H,2-7,10-11H2,1H3/t17-,19-. The minimum Gasteiger partial charge on any atom is -0.423 e. The lowest BCUT2D eigenvalue weighted by molar-refractivity contribution is 0.0724. The Morgan fingerprint density at radius 2 is 1.70 bits per heavy atom. The van der Waals surface area contributed by atoms with E-state index in [0.717, 1.165) is 25.7 Å². The number of halogens is 2. The molecule has 5 heteroatoms. The summed E-state index contributed by atoms with van der Waals surface area (Å²) < 4.78 is 34.4. The Hall–Kier alpha value is -2.74. The van der Waals surface area contributed by atoms with Crippen molar-refractivity contribution in [2.45, 2.75) is 64.2 Å². The van der Waals surface area contributed by atoms with Crippen molar-refractivity contribution >= 4 is 5.97 Å². The van der Waals surface area contributed by atoms with Crippen molar-refractivity contribution in [3.63, 3.8) is 0 Å². The quantitative estimate of drug-likeness (QED) is 0.283. The molecule has 3 nitrogen and oxygen atoms in total. The predicted molar refractivity (Wildman–Crippen MR) is 111 cm³/mol. The van der Waals surface area contributed by atoms with Crippen LogP contribution in [-0.4, -0.2) is 5.97 Å². The number of carbonyl (C=O) groups is 1. The minimum absolute atomic E-state index is 0.125. The van der Waals surface area contributed by atoms with Gasteiger partial charge in [-0.15, -0.1) is 0 Å². The lowest BCUT2D eigenvalue weighted by atomic mass is 9.77. The number of carbonyl (C=O) groups excluding carboxylic acids is 1. The van der Waals surface area contributed by atoms with Crippen LogP contribution >= 0.6 is 0 Å². The molecule has 0 aromatic heterocycles. The first kappa shape index (κ1) is 22.0. The summed E-state index contributed by atoms with van der Waals surface area (Å²) in [5.74, 6) is -1.91. The molecular weight excluding hydrogens is 384 g/mol. The molecular formula is C25H27F2NO2. The number of esters is 1. The van der Waals surface area contributed by atoms with Gasteiger partial charge in [0.1, 0.15) is 22.9 Å². The van der Waals surface area contributed by atoms with E-state index in [1.54, 1.807) is 0 Å². The fraction of sp³-hybridized carbons (Fsp3) is 0.440. The highest BCUT2D eigenvalue weighted by molar-refractivity contribution is 5.91. The Bertz CT molecular complexity index is 887. The lowest BCUT2D eigenvalue weighted by Crippen LogP contribution is -2.16. The van der Waals surface area contributed by atoms with Crippen molar-refractivity contribution < 1.29 is 18.3 Å². The van der Waals surface area contributed by atoms with Crippen LogP contribution in [0.25, 0.3) is 0 Å². The lowest BCUT2D eigenvalue weighted by Gasteiger charge is -2.29. The molecule has 3 rings (SSSR count). The maximum Gasteiger partial charge on any atom is 0.349 e. The number of hydrogen-bond acceptors (Lipinski definition) is 3. The molecule has 2 aromatic carbocycles. The summed E-state index contributed by atoms with van der Waals surface area (Å²) in [5.41, 5.74) is 0.333. The first-order chi connectivity index (χ1) is 14.5. The molecule has 2 aromatic rings. The predicted octanol–water partition coefficient (Wildman–Crippen LogP) is 6.91. The number of nitrogens with zero attached hydrogens (tertiary/aromatic N) is 1.